The number of imide groups is 1. The molecule has 0 unspecified atom stereocenters. The first-order valence-electron chi connectivity index (χ1n) is 5.91. The van der Waals surface area contributed by atoms with E-state index < -0.39 is 17.8 Å². The molecular weight excluding hydrogens is 284 g/mol. The second-order valence-corrected chi connectivity index (χ2v) is 5.12. The topological polar surface area (TPSA) is 92.8 Å². The van der Waals surface area contributed by atoms with E-state index >= 15 is 0 Å². The van der Waals surface area contributed by atoms with Crippen molar-refractivity contribution in [1.82, 2.24) is 10.2 Å². The maximum atomic E-state index is 11.7. The Labute approximate surface area is 118 Å². The number of ether oxygens (including phenoxy) is 1. The second-order valence-electron chi connectivity index (χ2n) is 3.95. The Morgan fingerprint density at radius 3 is 2.75 bits per heavy atom. The summed E-state index contributed by atoms with van der Waals surface area (Å²) in [4.78, 5) is 47.7. The molecule has 0 aromatic carbocycles. The van der Waals surface area contributed by atoms with Gasteiger partial charge in [-0.25, -0.2) is 9.59 Å². The molecule has 0 bridgehead atoms. The Bertz CT molecular complexity index is 564. The van der Waals surface area contributed by atoms with E-state index in [4.69, 9.17) is 0 Å². The minimum atomic E-state index is -0.907. The van der Waals surface area contributed by atoms with Crippen molar-refractivity contribution in [1.29, 1.82) is 0 Å². The first-order valence-corrected chi connectivity index (χ1v) is 6.73. The molecule has 20 heavy (non-hydrogen) atoms. The van der Waals surface area contributed by atoms with Crippen LogP contribution < -0.4 is 5.32 Å². The van der Waals surface area contributed by atoms with Crippen molar-refractivity contribution in [3.8, 4) is 0 Å². The summed E-state index contributed by atoms with van der Waals surface area (Å²) >= 11 is 1.06. The zero-order chi connectivity index (χ0) is 14.7. The maximum Gasteiger partial charge on any atom is 0.380 e. The fourth-order valence-electron chi connectivity index (χ4n) is 1.65. The van der Waals surface area contributed by atoms with Gasteiger partial charge in [-0.15, -0.1) is 11.3 Å². The molecule has 0 saturated carbocycles. The van der Waals surface area contributed by atoms with E-state index in [0.29, 0.717) is 4.88 Å². The van der Waals surface area contributed by atoms with E-state index in [1.54, 1.807) is 13.0 Å². The summed E-state index contributed by atoms with van der Waals surface area (Å²) < 4.78 is 4.62. The number of nitrogens with zero attached hydrogens (tertiary/aromatic N) is 1. The Morgan fingerprint density at radius 2 is 2.15 bits per heavy atom. The van der Waals surface area contributed by atoms with Gasteiger partial charge in [-0.2, -0.15) is 0 Å². The van der Waals surface area contributed by atoms with E-state index in [1.807, 2.05) is 0 Å². The van der Waals surface area contributed by atoms with Crippen LogP contribution in [0.1, 0.15) is 21.5 Å². The molecule has 1 aromatic rings. The molecule has 1 aliphatic heterocycles. The molecule has 1 saturated heterocycles. The van der Waals surface area contributed by atoms with Gasteiger partial charge in [-0.1, -0.05) is 0 Å². The molecule has 0 aliphatic carbocycles. The first kappa shape index (κ1) is 14.2. The molecule has 7 nitrogen and oxygen atoms in total. The summed E-state index contributed by atoms with van der Waals surface area (Å²) in [5.74, 6) is -1.95. The van der Waals surface area contributed by atoms with Crippen LogP contribution in [0.5, 0.6) is 0 Å². The van der Waals surface area contributed by atoms with Crippen LogP contribution in [0.3, 0.4) is 0 Å². The molecule has 1 aliphatic rings. The number of esters is 1. The summed E-state index contributed by atoms with van der Waals surface area (Å²) in [7, 11) is 0. The Kier molecular flexibility index (Phi) is 4.14. The van der Waals surface area contributed by atoms with Crippen molar-refractivity contribution in [2.75, 3.05) is 13.2 Å². The molecule has 3 amide bonds. The summed E-state index contributed by atoms with van der Waals surface area (Å²) in [6.07, 6.45) is 0. The van der Waals surface area contributed by atoms with Crippen molar-refractivity contribution < 1.29 is 23.9 Å². The zero-order valence-corrected chi connectivity index (χ0v) is 11.5. The van der Waals surface area contributed by atoms with Gasteiger partial charge in [-0.3, -0.25) is 14.5 Å². The first-order chi connectivity index (χ1) is 9.52. The van der Waals surface area contributed by atoms with Gasteiger partial charge in [0.2, 0.25) is 5.91 Å². The van der Waals surface area contributed by atoms with Gasteiger partial charge in [0.25, 0.3) is 5.78 Å². The summed E-state index contributed by atoms with van der Waals surface area (Å²) in [5.41, 5.74) is 0. The molecule has 8 heteroatoms. The van der Waals surface area contributed by atoms with Gasteiger partial charge in [-0.05, 0) is 19.1 Å². The van der Waals surface area contributed by atoms with Crippen LogP contribution in [0.15, 0.2) is 12.1 Å². The monoisotopic (exact) mass is 296 g/mol. The number of ketones is 1. The molecule has 2 heterocycles. The molecule has 0 radical (unpaired) electrons. The average Bonchev–Trinajstić information content (AvgIpc) is 3.00. The SMILES string of the molecule is CCOC(=O)C(=O)c1ccc(CN2C(=O)CNC2=O)s1. The van der Waals surface area contributed by atoms with Crippen molar-refractivity contribution in [3.63, 3.8) is 0 Å². The molecular formula is C12H12N2O5S. The lowest BCUT2D eigenvalue weighted by Crippen LogP contribution is -2.29. The number of rotatable bonds is 5. The van der Waals surface area contributed by atoms with Crippen LogP contribution in [-0.4, -0.2) is 41.7 Å². The second kappa shape index (κ2) is 5.83. The summed E-state index contributed by atoms with van der Waals surface area (Å²) in [6, 6.07) is 2.63. The Morgan fingerprint density at radius 1 is 1.40 bits per heavy atom. The largest absolute Gasteiger partial charge is 0.460 e. The lowest BCUT2D eigenvalue weighted by molar-refractivity contribution is -0.137. The van der Waals surface area contributed by atoms with Crippen LogP contribution in [0.4, 0.5) is 4.79 Å². The quantitative estimate of drug-likeness (QED) is 0.370. The van der Waals surface area contributed by atoms with E-state index in [1.165, 1.54) is 6.07 Å². The molecule has 0 spiro atoms. The number of thiophene rings is 1. The molecule has 1 aromatic heterocycles. The van der Waals surface area contributed by atoms with Crippen LogP contribution in [0.25, 0.3) is 0 Å². The maximum absolute atomic E-state index is 11.7. The molecule has 1 fully saturated rings. The zero-order valence-electron chi connectivity index (χ0n) is 10.7. The van der Waals surface area contributed by atoms with Gasteiger partial charge >= 0.3 is 12.0 Å². The fourth-order valence-corrected chi connectivity index (χ4v) is 2.58. The highest BCUT2D eigenvalue weighted by Crippen LogP contribution is 2.20. The third kappa shape index (κ3) is 2.85. The average molecular weight is 296 g/mol. The standard InChI is InChI=1S/C12H12N2O5S/c1-2-19-11(17)10(16)8-4-3-7(20-8)6-14-9(15)5-13-12(14)18/h3-4H,2,5-6H2,1H3,(H,13,18). The van der Waals surface area contributed by atoms with Crippen LogP contribution in [0, 0.1) is 0 Å². The van der Waals surface area contributed by atoms with Gasteiger partial charge in [0.15, 0.2) is 0 Å². The summed E-state index contributed by atoms with van der Waals surface area (Å²) in [5, 5.41) is 2.41. The number of hydrogen-bond acceptors (Lipinski definition) is 6. The highest BCUT2D eigenvalue weighted by molar-refractivity contribution is 7.14. The summed E-state index contributed by atoms with van der Waals surface area (Å²) in [6.45, 7) is 1.82. The number of Topliss-reactive ketones (excluding diaryl/α,β-unsaturated/α-hetero) is 1. The molecule has 2 rings (SSSR count). The van der Waals surface area contributed by atoms with E-state index in [-0.39, 0.29) is 30.5 Å². The Balaban J connectivity index is 2.06. The predicted octanol–water partition coefficient (Wildman–Crippen LogP) is 0.546. The lowest BCUT2D eigenvalue weighted by atomic mass is 10.3. The number of urea groups is 1. The number of nitrogens with one attached hydrogen (secondary N) is 1. The van der Waals surface area contributed by atoms with E-state index in [9.17, 15) is 19.2 Å². The van der Waals surface area contributed by atoms with Crippen LogP contribution >= 0.6 is 11.3 Å². The third-order valence-electron chi connectivity index (χ3n) is 2.60. The van der Waals surface area contributed by atoms with Gasteiger partial charge in [0.05, 0.1) is 24.6 Å². The van der Waals surface area contributed by atoms with Crippen LogP contribution in [-0.2, 0) is 20.9 Å². The van der Waals surface area contributed by atoms with Crippen molar-refractivity contribution in [3.05, 3.63) is 21.9 Å². The van der Waals surface area contributed by atoms with Crippen molar-refractivity contribution in [2.45, 2.75) is 13.5 Å². The van der Waals surface area contributed by atoms with Crippen LogP contribution in [0.2, 0.25) is 0 Å². The van der Waals surface area contributed by atoms with Gasteiger partial charge in [0, 0.05) is 4.88 Å². The van der Waals surface area contributed by atoms with E-state index in [2.05, 4.69) is 10.1 Å². The van der Waals surface area contributed by atoms with Gasteiger partial charge < -0.3 is 10.1 Å². The van der Waals surface area contributed by atoms with Crippen molar-refractivity contribution >= 4 is 35.0 Å². The number of hydrogen-bond donors (Lipinski definition) is 1. The number of carbonyl (C=O) groups is 4. The highest BCUT2D eigenvalue weighted by Gasteiger charge is 2.29. The lowest BCUT2D eigenvalue weighted by Gasteiger charge is -2.09. The normalized spacial score (nSPS) is 14.3. The number of carbonyl (C=O) groups excluding carboxylic acids is 4. The molecule has 106 valence electrons. The van der Waals surface area contributed by atoms with Crippen molar-refractivity contribution in [2.24, 2.45) is 0 Å². The molecule has 0 atom stereocenters. The minimum absolute atomic E-state index is 0.0151. The number of amides is 3. The predicted molar refractivity (Wildman–Crippen MR) is 69.2 cm³/mol. The Hall–Kier alpha value is -2.22. The molecule has 1 N–H and O–H groups in total. The fraction of sp³-hybridized carbons (Fsp3) is 0.333. The minimum Gasteiger partial charge on any atom is -0.460 e. The van der Waals surface area contributed by atoms with Gasteiger partial charge in [0.1, 0.15) is 0 Å². The highest BCUT2D eigenvalue weighted by atomic mass is 32.1. The smallest absolute Gasteiger partial charge is 0.380 e. The van der Waals surface area contributed by atoms with E-state index in [0.717, 1.165) is 16.2 Å². The third-order valence-corrected chi connectivity index (χ3v) is 3.67.